The van der Waals surface area contributed by atoms with Crippen LogP contribution in [0.15, 0.2) is 48.8 Å². The molecule has 1 aromatic heterocycles. The molecule has 5 heteroatoms. The number of hydrogen-bond acceptors (Lipinski definition) is 4. The highest BCUT2D eigenvalue weighted by Gasteiger charge is 2.27. The molecule has 1 aromatic carbocycles. The Morgan fingerprint density at radius 1 is 1.25 bits per heavy atom. The Balaban J connectivity index is 1.48. The molecule has 24 heavy (non-hydrogen) atoms. The fourth-order valence-electron chi connectivity index (χ4n) is 2.97. The van der Waals surface area contributed by atoms with Gasteiger partial charge in [-0.3, -0.25) is 9.78 Å². The summed E-state index contributed by atoms with van der Waals surface area (Å²) in [6, 6.07) is 11.0. The van der Waals surface area contributed by atoms with Crippen molar-refractivity contribution in [2.24, 2.45) is 5.92 Å². The quantitative estimate of drug-likeness (QED) is 0.819. The predicted molar refractivity (Wildman–Crippen MR) is 91.4 cm³/mol. The number of rotatable bonds is 6. The van der Waals surface area contributed by atoms with Crippen LogP contribution in [-0.2, 0) is 0 Å². The molecule has 0 bridgehead atoms. The molecule has 0 N–H and O–H groups in total. The topological polar surface area (TPSA) is 51.7 Å². The van der Waals surface area contributed by atoms with Gasteiger partial charge in [0.15, 0.2) is 0 Å². The smallest absolute Gasteiger partial charge is 0.253 e. The summed E-state index contributed by atoms with van der Waals surface area (Å²) >= 11 is 0. The number of pyridine rings is 1. The van der Waals surface area contributed by atoms with Gasteiger partial charge >= 0.3 is 0 Å². The Bertz CT molecular complexity index is 675. The minimum Gasteiger partial charge on any atom is -0.497 e. The molecule has 1 aliphatic heterocycles. The molecule has 1 saturated heterocycles. The molecule has 1 amide bonds. The van der Waals surface area contributed by atoms with E-state index < -0.39 is 0 Å². The van der Waals surface area contributed by atoms with Crippen LogP contribution < -0.4 is 9.47 Å². The van der Waals surface area contributed by atoms with Gasteiger partial charge in [-0.15, -0.1) is 0 Å². The van der Waals surface area contributed by atoms with Gasteiger partial charge in [0.1, 0.15) is 11.5 Å². The van der Waals surface area contributed by atoms with Crippen molar-refractivity contribution < 1.29 is 14.3 Å². The van der Waals surface area contributed by atoms with Gasteiger partial charge in [0.25, 0.3) is 5.91 Å². The summed E-state index contributed by atoms with van der Waals surface area (Å²) in [7, 11) is 1.61. The number of carbonyl (C=O) groups excluding carboxylic acids is 1. The maximum atomic E-state index is 12.6. The lowest BCUT2D eigenvalue weighted by Gasteiger charge is -2.17. The predicted octanol–water partition coefficient (Wildman–Crippen LogP) is 3.02. The average molecular weight is 326 g/mol. The number of aromatic nitrogens is 1. The zero-order valence-electron chi connectivity index (χ0n) is 13.9. The van der Waals surface area contributed by atoms with Crippen LogP contribution >= 0.6 is 0 Å². The van der Waals surface area contributed by atoms with E-state index in [9.17, 15) is 4.79 Å². The second-order valence-electron chi connectivity index (χ2n) is 5.96. The van der Waals surface area contributed by atoms with E-state index in [1.807, 2.05) is 35.2 Å². The number of hydrogen-bond donors (Lipinski definition) is 0. The van der Waals surface area contributed by atoms with E-state index in [1.54, 1.807) is 25.6 Å². The standard InChI is InChI=1S/C19H22N2O3/c1-23-18-4-2-3-16(13-18)19(22)21-11-7-15(14-21)8-12-24-17-5-9-20-10-6-17/h2-6,9-10,13,15H,7-8,11-12,14H2,1H3. The Morgan fingerprint density at radius 3 is 2.88 bits per heavy atom. The molecule has 1 atom stereocenters. The largest absolute Gasteiger partial charge is 0.497 e. The third-order valence-electron chi connectivity index (χ3n) is 4.33. The van der Waals surface area contributed by atoms with E-state index >= 15 is 0 Å². The maximum Gasteiger partial charge on any atom is 0.253 e. The van der Waals surface area contributed by atoms with Crippen molar-refractivity contribution in [1.29, 1.82) is 0 Å². The highest BCUT2D eigenvalue weighted by atomic mass is 16.5. The van der Waals surface area contributed by atoms with Gasteiger partial charge < -0.3 is 14.4 Å². The van der Waals surface area contributed by atoms with Crippen LogP contribution in [0.3, 0.4) is 0 Å². The van der Waals surface area contributed by atoms with Crippen LogP contribution in [0.4, 0.5) is 0 Å². The molecule has 2 heterocycles. The molecule has 0 aliphatic carbocycles. The highest BCUT2D eigenvalue weighted by molar-refractivity contribution is 5.94. The number of ether oxygens (including phenoxy) is 2. The fraction of sp³-hybridized carbons (Fsp3) is 0.368. The van der Waals surface area contributed by atoms with Crippen molar-refractivity contribution in [3.63, 3.8) is 0 Å². The average Bonchev–Trinajstić information content (AvgIpc) is 3.11. The molecule has 5 nitrogen and oxygen atoms in total. The van der Waals surface area contributed by atoms with Crippen LogP contribution in [-0.4, -0.2) is 42.6 Å². The molecule has 0 saturated carbocycles. The highest BCUT2D eigenvalue weighted by Crippen LogP contribution is 2.23. The minimum absolute atomic E-state index is 0.0754. The van der Waals surface area contributed by atoms with Crippen molar-refractivity contribution in [1.82, 2.24) is 9.88 Å². The van der Waals surface area contributed by atoms with Crippen molar-refractivity contribution in [2.75, 3.05) is 26.8 Å². The first-order chi connectivity index (χ1) is 11.8. The van der Waals surface area contributed by atoms with E-state index in [2.05, 4.69) is 4.98 Å². The van der Waals surface area contributed by atoms with Gasteiger partial charge in [0, 0.05) is 31.0 Å². The molecule has 2 aromatic rings. The third kappa shape index (κ3) is 4.04. The first-order valence-electron chi connectivity index (χ1n) is 8.22. The van der Waals surface area contributed by atoms with E-state index in [0.717, 1.165) is 31.7 Å². The molecular weight excluding hydrogens is 304 g/mol. The van der Waals surface area contributed by atoms with Crippen molar-refractivity contribution in [3.8, 4) is 11.5 Å². The van der Waals surface area contributed by atoms with Crippen LogP contribution in [0.5, 0.6) is 11.5 Å². The molecule has 1 fully saturated rings. The summed E-state index contributed by atoms with van der Waals surface area (Å²) in [4.78, 5) is 18.5. The molecule has 3 rings (SSSR count). The van der Waals surface area contributed by atoms with E-state index in [4.69, 9.17) is 9.47 Å². The van der Waals surface area contributed by atoms with Crippen molar-refractivity contribution in [2.45, 2.75) is 12.8 Å². The second kappa shape index (κ2) is 7.81. The maximum absolute atomic E-state index is 12.6. The lowest BCUT2D eigenvalue weighted by Crippen LogP contribution is -2.28. The van der Waals surface area contributed by atoms with Gasteiger partial charge in [0.05, 0.1) is 13.7 Å². The van der Waals surface area contributed by atoms with E-state index in [0.29, 0.717) is 23.8 Å². The third-order valence-corrected chi connectivity index (χ3v) is 4.33. The first kappa shape index (κ1) is 16.3. The van der Waals surface area contributed by atoms with E-state index in [-0.39, 0.29) is 5.91 Å². The summed E-state index contributed by atoms with van der Waals surface area (Å²) in [6.07, 6.45) is 5.42. The molecule has 0 radical (unpaired) electrons. The summed E-state index contributed by atoms with van der Waals surface area (Å²) in [5, 5.41) is 0. The van der Waals surface area contributed by atoms with Gasteiger partial charge in [-0.2, -0.15) is 0 Å². The van der Waals surface area contributed by atoms with Gasteiger partial charge in [0.2, 0.25) is 0 Å². The number of carbonyl (C=O) groups is 1. The number of benzene rings is 1. The molecular formula is C19H22N2O3. The zero-order valence-corrected chi connectivity index (χ0v) is 13.9. The summed E-state index contributed by atoms with van der Waals surface area (Å²) in [5.74, 6) is 2.11. The fourth-order valence-corrected chi connectivity index (χ4v) is 2.97. The van der Waals surface area contributed by atoms with Crippen LogP contribution in [0.1, 0.15) is 23.2 Å². The minimum atomic E-state index is 0.0754. The summed E-state index contributed by atoms with van der Waals surface area (Å²) < 4.78 is 10.9. The SMILES string of the molecule is COc1cccc(C(=O)N2CCC(CCOc3ccncc3)C2)c1. The molecule has 1 unspecified atom stereocenters. The number of amides is 1. The van der Waals surface area contributed by atoms with Crippen molar-refractivity contribution >= 4 is 5.91 Å². The monoisotopic (exact) mass is 326 g/mol. The lowest BCUT2D eigenvalue weighted by molar-refractivity contribution is 0.0785. The molecule has 0 spiro atoms. The van der Waals surface area contributed by atoms with Crippen LogP contribution in [0, 0.1) is 5.92 Å². The Kier molecular flexibility index (Phi) is 5.31. The molecule has 126 valence electrons. The summed E-state index contributed by atoms with van der Waals surface area (Å²) in [6.45, 7) is 2.25. The van der Waals surface area contributed by atoms with Crippen LogP contribution in [0.2, 0.25) is 0 Å². The lowest BCUT2D eigenvalue weighted by atomic mass is 10.1. The zero-order chi connectivity index (χ0) is 16.8. The summed E-state index contributed by atoms with van der Waals surface area (Å²) in [5.41, 5.74) is 0.683. The Labute approximate surface area is 142 Å². The Hall–Kier alpha value is -2.56. The normalized spacial score (nSPS) is 16.9. The van der Waals surface area contributed by atoms with Gasteiger partial charge in [-0.25, -0.2) is 0 Å². The first-order valence-corrected chi connectivity index (χ1v) is 8.22. The Morgan fingerprint density at radius 2 is 2.08 bits per heavy atom. The molecule has 1 aliphatic rings. The van der Waals surface area contributed by atoms with Gasteiger partial charge in [-0.05, 0) is 49.1 Å². The second-order valence-corrected chi connectivity index (χ2v) is 5.96. The number of methoxy groups -OCH3 is 1. The van der Waals surface area contributed by atoms with E-state index in [1.165, 1.54) is 0 Å². The number of likely N-dealkylation sites (tertiary alicyclic amines) is 1. The van der Waals surface area contributed by atoms with Crippen molar-refractivity contribution in [3.05, 3.63) is 54.4 Å². The van der Waals surface area contributed by atoms with Crippen LogP contribution in [0.25, 0.3) is 0 Å². The number of nitrogens with zero attached hydrogens (tertiary/aromatic N) is 2. The van der Waals surface area contributed by atoms with Gasteiger partial charge in [-0.1, -0.05) is 6.07 Å².